The van der Waals surface area contributed by atoms with Crippen LogP contribution in [0, 0.1) is 5.82 Å². The maximum atomic E-state index is 13.7. The number of hydrogen-bond donors (Lipinski definition) is 1. The van der Waals surface area contributed by atoms with Crippen molar-refractivity contribution in [1.82, 2.24) is 14.8 Å². The van der Waals surface area contributed by atoms with Gasteiger partial charge in [-0.3, -0.25) is 0 Å². The smallest absolute Gasteiger partial charge is 0.246 e. The van der Waals surface area contributed by atoms with Crippen LogP contribution in [0.5, 0.6) is 0 Å². The van der Waals surface area contributed by atoms with Crippen LogP contribution in [0.3, 0.4) is 0 Å². The predicted molar refractivity (Wildman–Crippen MR) is 92.8 cm³/mol. The molecule has 0 radical (unpaired) electrons. The summed E-state index contributed by atoms with van der Waals surface area (Å²) in [6.45, 7) is 0.110. The van der Waals surface area contributed by atoms with Crippen LogP contribution in [-0.2, 0) is 16.6 Å². The maximum Gasteiger partial charge on any atom is 0.265 e. The second-order valence-corrected chi connectivity index (χ2v) is 7.53. The van der Waals surface area contributed by atoms with Crippen LogP contribution in [-0.4, -0.2) is 23.2 Å². The molecule has 25 heavy (non-hydrogen) atoms. The molecule has 0 saturated heterocycles. The molecular formula is C15H11Cl2FN4O2S. The molecule has 10 heteroatoms. The highest BCUT2D eigenvalue weighted by molar-refractivity contribution is 7.92. The van der Waals surface area contributed by atoms with E-state index in [1.807, 2.05) is 0 Å². The van der Waals surface area contributed by atoms with Gasteiger partial charge >= 0.3 is 0 Å². The Bertz CT molecular complexity index is 1020. The van der Waals surface area contributed by atoms with E-state index in [1.165, 1.54) is 35.3 Å². The standard InChI is InChI=1S/C15H11Cl2FN4O2S/c16-11-5-6-12(17)14(7-11)25(23,24)21-15-19-9-22(20-15)8-10-3-1-2-4-13(10)18/h1-7,9H,8H2,(H,20,21). The molecule has 0 saturated carbocycles. The first-order valence-corrected chi connectivity index (χ1v) is 9.20. The predicted octanol–water partition coefficient (Wildman–Crippen LogP) is 3.57. The van der Waals surface area contributed by atoms with Gasteiger partial charge in [0.05, 0.1) is 11.6 Å². The van der Waals surface area contributed by atoms with Crippen molar-refractivity contribution < 1.29 is 12.8 Å². The van der Waals surface area contributed by atoms with Gasteiger partial charge < -0.3 is 0 Å². The van der Waals surface area contributed by atoms with Crippen LogP contribution >= 0.6 is 23.2 Å². The van der Waals surface area contributed by atoms with Crippen molar-refractivity contribution in [2.24, 2.45) is 0 Å². The fraction of sp³-hybridized carbons (Fsp3) is 0.0667. The van der Waals surface area contributed by atoms with E-state index in [1.54, 1.807) is 18.2 Å². The Morgan fingerprint density at radius 3 is 2.68 bits per heavy atom. The third-order valence-corrected chi connectivity index (χ3v) is 5.28. The minimum absolute atomic E-state index is 0.0164. The summed E-state index contributed by atoms with van der Waals surface area (Å²) in [4.78, 5) is 3.68. The molecule has 0 aliphatic heterocycles. The SMILES string of the molecule is O=S(=O)(Nc1ncn(Cc2ccccc2F)n1)c1cc(Cl)ccc1Cl. The van der Waals surface area contributed by atoms with Crippen molar-refractivity contribution in [3.8, 4) is 0 Å². The zero-order valence-electron chi connectivity index (χ0n) is 12.5. The monoisotopic (exact) mass is 400 g/mol. The van der Waals surface area contributed by atoms with Gasteiger partial charge in [0.25, 0.3) is 16.0 Å². The third-order valence-electron chi connectivity index (χ3n) is 3.24. The fourth-order valence-electron chi connectivity index (χ4n) is 2.08. The Balaban J connectivity index is 1.81. The minimum atomic E-state index is -4.01. The van der Waals surface area contributed by atoms with E-state index in [2.05, 4.69) is 14.8 Å². The molecule has 0 amide bonds. The molecule has 3 aromatic rings. The van der Waals surface area contributed by atoms with E-state index in [4.69, 9.17) is 23.2 Å². The van der Waals surface area contributed by atoms with Crippen molar-refractivity contribution in [3.63, 3.8) is 0 Å². The van der Waals surface area contributed by atoms with Crippen molar-refractivity contribution >= 4 is 39.2 Å². The first kappa shape index (κ1) is 17.7. The molecule has 1 aromatic heterocycles. The quantitative estimate of drug-likeness (QED) is 0.709. The van der Waals surface area contributed by atoms with Gasteiger partial charge in [-0.15, -0.1) is 5.10 Å². The summed E-state index contributed by atoms with van der Waals surface area (Å²) in [5, 5.41) is 4.22. The highest BCUT2D eigenvalue weighted by Crippen LogP contribution is 2.26. The van der Waals surface area contributed by atoms with Crippen LogP contribution in [0.15, 0.2) is 53.7 Å². The molecule has 6 nitrogen and oxygen atoms in total. The van der Waals surface area contributed by atoms with Crippen molar-refractivity contribution in [2.75, 3.05) is 4.72 Å². The second kappa shape index (κ2) is 6.99. The van der Waals surface area contributed by atoms with Crippen molar-refractivity contribution in [1.29, 1.82) is 0 Å². The lowest BCUT2D eigenvalue weighted by molar-refractivity contribution is 0.584. The molecule has 0 atom stereocenters. The number of anilines is 1. The number of hydrogen-bond acceptors (Lipinski definition) is 4. The largest absolute Gasteiger partial charge is 0.265 e. The maximum absolute atomic E-state index is 13.7. The van der Waals surface area contributed by atoms with E-state index in [0.717, 1.165) is 0 Å². The van der Waals surface area contributed by atoms with Crippen LogP contribution in [0.1, 0.15) is 5.56 Å². The molecule has 130 valence electrons. The molecule has 0 aliphatic rings. The Hall–Kier alpha value is -2.16. The van der Waals surface area contributed by atoms with E-state index < -0.39 is 10.0 Å². The lowest BCUT2D eigenvalue weighted by Crippen LogP contribution is -2.15. The number of rotatable bonds is 5. The van der Waals surface area contributed by atoms with Crippen molar-refractivity contribution in [2.45, 2.75) is 11.4 Å². The molecule has 0 bridgehead atoms. The summed E-state index contributed by atoms with van der Waals surface area (Å²) < 4.78 is 42.0. The molecule has 1 N–H and O–H groups in total. The van der Waals surface area contributed by atoms with E-state index in [0.29, 0.717) is 5.56 Å². The molecule has 0 fully saturated rings. The molecule has 0 aliphatic carbocycles. The Kier molecular flexibility index (Phi) is 4.94. The average Bonchev–Trinajstić information content (AvgIpc) is 2.98. The average molecular weight is 401 g/mol. The second-order valence-electron chi connectivity index (χ2n) is 5.04. The molecular weight excluding hydrogens is 390 g/mol. The van der Waals surface area contributed by atoms with E-state index in [-0.39, 0.29) is 33.3 Å². The zero-order valence-corrected chi connectivity index (χ0v) is 14.9. The summed E-state index contributed by atoms with van der Waals surface area (Å²) in [6, 6.07) is 10.3. The van der Waals surface area contributed by atoms with Crippen LogP contribution < -0.4 is 4.72 Å². The van der Waals surface area contributed by atoms with Gasteiger partial charge in [-0.2, -0.15) is 4.98 Å². The van der Waals surface area contributed by atoms with Gasteiger partial charge in [0.15, 0.2) is 0 Å². The number of benzene rings is 2. The summed E-state index contributed by atoms with van der Waals surface area (Å²) in [5.74, 6) is -0.543. The van der Waals surface area contributed by atoms with Gasteiger partial charge in [-0.25, -0.2) is 22.2 Å². The first-order valence-electron chi connectivity index (χ1n) is 6.96. The highest BCUT2D eigenvalue weighted by atomic mass is 35.5. The minimum Gasteiger partial charge on any atom is -0.246 e. The Morgan fingerprint density at radius 1 is 1.16 bits per heavy atom. The summed E-state index contributed by atoms with van der Waals surface area (Å²) >= 11 is 11.7. The van der Waals surface area contributed by atoms with Gasteiger partial charge in [-0.05, 0) is 24.3 Å². The van der Waals surface area contributed by atoms with Gasteiger partial charge in [0.1, 0.15) is 17.0 Å². The summed E-state index contributed by atoms with van der Waals surface area (Å²) in [7, 11) is -4.01. The number of sulfonamides is 1. The van der Waals surface area contributed by atoms with Gasteiger partial charge in [0, 0.05) is 10.6 Å². The molecule has 0 spiro atoms. The third kappa shape index (κ3) is 4.09. The number of halogens is 3. The Morgan fingerprint density at radius 2 is 1.92 bits per heavy atom. The highest BCUT2D eigenvalue weighted by Gasteiger charge is 2.20. The molecule has 2 aromatic carbocycles. The van der Waals surface area contributed by atoms with E-state index >= 15 is 0 Å². The van der Waals surface area contributed by atoms with Crippen molar-refractivity contribution in [3.05, 3.63) is 70.2 Å². The molecule has 1 heterocycles. The summed E-state index contributed by atoms with van der Waals surface area (Å²) in [6.07, 6.45) is 1.30. The fourth-order valence-corrected chi connectivity index (χ4v) is 3.79. The molecule has 0 unspecified atom stereocenters. The number of nitrogens with one attached hydrogen (secondary N) is 1. The zero-order chi connectivity index (χ0) is 18.0. The topological polar surface area (TPSA) is 76.9 Å². The lowest BCUT2D eigenvalue weighted by Gasteiger charge is -2.07. The van der Waals surface area contributed by atoms with Crippen LogP contribution in [0.4, 0.5) is 10.3 Å². The number of nitrogens with zero attached hydrogens (tertiary/aromatic N) is 3. The Labute approximate surface area is 153 Å². The molecule has 3 rings (SSSR count). The van der Waals surface area contributed by atoms with E-state index in [9.17, 15) is 12.8 Å². The normalized spacial score (nSPS) is 11.5. The van der Waals surface area contributed by atoms with Gasteiger partial charge in [-0.1, -0.05) is 41.4 Å². The summed E-state index contributed by atoms with van der Waals surface area (Å²) in [5.41, 5.74) is 0.402. The van der Waals surface area contributed by atoms with Crippen LogP contribution in [0.2, 0.25) is 10.0 Å². The van der Waals surface area contributed by atoms with Crippen LogP contribution in [0.25, 0.3) is 0 Å². The first-order chi connectivity index (χ1) is 11.8. The lowest BCUT2D eigenvalue weighted by atomic mass is 10.2. The number of aromatic nitrogens is 3. The van der Waals surface area contributed by atoms with Gasteiger partial charge in [0.2, 0.25) is 0 Å².